The Morgan fingerprint density at radius 1 is 0.600 bits per heavy atom. The largest absolute Gasteiger partial charge is 0.287 e. The molecule has 0 rings (SSSR count). The van der Waals surface area contributed by atoms with Crippen LogP contribution in [0.15, 0.2) is 75.4 Å². The number of nitrogens with zero attached hydrogens (tertiary/aromatic N) is 1. The van der Waals surface area contributed by atoms with E-state index in [4.69, 9.17) is 0 Å². The van der Waals surface area contributed by atoms with Gasteiger partial charge in [0.05, 0.1) is 0 Å². The summed E-state index contributed by atoms with van der Waals surface area (Å²) in [7, 11) is 0. The van der Waals surface area contributed by atoms with Gasteiger partial charge in [-0.3, -0.25) is 4.90 Å². The predicted octanol–water partition coefficient (Wildman–Crippen LogP) is 7.02. The summed E-state index contributed by atoms with van der Waals surface area (Å²) in [5, 5.41) is 0. The number of unbranched alkanes of at least 4 members (excludes halogenated alkanes) is 4. The normalized spacial score (nSPS) is 13.5. The van der Waals surface area contributed by atoms with Crippen molar-refractivity contribution in [2.45, 2.75) is 69.9 Å². The fourth-order valence-electron chi connectivity index (χ4n) is 2.99. The highest BCUT2D eigenvalue weighted by molar-refractivity contribution is 5.00. The van der Waals surface area contributed by atoms with E-state index in [1.54, 1.807) is 0 Å². The third-order valence-electron chi connectivity index (χ3n) is 4.47. The van der Waals surface area contributed by atoms with Gasteiger partial charge in [-0.25, -0.2) is 0 Å². The number of hydrogen-bond acceptors (Lipinski definition) is 1. The van der Waals surface area contributed by atoms with E-state index in [9.17, 15) is 0 Å². The smallest absolute Gasteiger partial charge is 0.0284 e. The molecule has 0 amide bonds. The van der Waals surface area contributed by atoms with Crippen LogP contribution in [0.25, 0.3) is 0 Å². The lowest BCUT2D eigenvalue weighted by Crippen LogP contribution is -2.41. The lowest BCUT2D eigenvalue weighted by molar-refractivity contribution is 0.190. The summed E-state index contributed by atoms with van der Waals surface area (Å²) in [4.78, 5) is 2.54. The van der Waals surface area contributed by atoms with Gasteiger partial charge in [0.2, 0.25) is 0 Å². The van der Waals surface area contributed by atoms with Crippen molar-refractivity contribution in [1.29, 1.82) is 0 Å². The molecule has 0 aliphatic rings. The average molecular weight is 342 g/mol. The fourth-order valence-corrected chi connectivity index (χ4v) is 2.99. The van der Waals surface area contributed by atoms with E-state index < -0.39 is 0 Å². The molecular formula is C24H39N. The Hall–Kier alpha value is -1.60. The van der Waals surface area contributed by atoms with Gasteiger partial charge in [-0.15, -0.1) is 32.9 Å². The molecule has 0 aromatic rings. The maximum atomic E-state index is 4.09. The van der Waals surface area contributed by atoms with Crippen molar-refractivity contribution in [1.82, 2.24) is 4.90 Å². The lowest BCUT2D eigenvalue weighted by Gasteiger charge is -2.35. The van der Waals surface area contributed by atoms with E-state index in [0.29, 0.717) is 12.1 Å². The molecule has 0 aromatic carbocycles. The van der Waals surface area contributed by atoms with Crippen LogP contribution >= 0.6 is 0 Å². The van der Waals surface area contributed by atoms with Crippen LogP contribution in [0, 0.1) is 0 Å². The predicted molar refractivity (Wildman–Crippen MR) is 116 cm³/mol. The Balaban J connectivity index is 4.87. The van der Waals surface area contributed by atoms with E-state index in [-0.39, 0.29) is 0 Å². The highest BCUT2D eigenvalue weighted by Crippen LogP contribution is 2.19. The van der Waals surface area contributed by atoms with Crippen molar-refractivity contribution in [3.05, 3.63) is 75.4 Å². The number of rotatable bonds is 18. The number of hydrogen-bond donors (Lipinski definition) is 0. The monoisotopic (exact) mass is 341 g/mol. The fraction of sp³-hybridized carbons (Fsp3) is 0.500. The summed E-state index contributed by atoms with van der Waals surface area (Å²) in [5.74, 6) is 0. The van der Waals surface area contributed by atoms with E-state index in [1.807, 2.05) is 18.2 Å². The van der Waals surface area contributed by atoms with Crippen LogP contribution in [0.4, 0.5) is 0 Å². The third kappa shape index (κ3) is 11.6. The SMILES string of the molecule is C=CCCCC=CCN(C(C=C)CCCC=C)C(C=C)CCCC=C. The molecule has 25 heavy (non-hydrogen) atoms. The molecule has 2 atom stereocenters. The highest BCUT2D eigenvalue weighted by atomic mass is 15.2. The van der Waals surface area contributed by atoms with Crippen molar-refractivity contribution in [3.8, 4) is 0 Å². The molecular weight excluding hydrogens is 302 g/mol. The van der Waals surface area contributed by atoms with Crippen LogP contribution in [-0.4, -0.2) is 23.5 Å². The molecule has 0 saturated heterocycles. The van der Waals surface area contributed by atoms with Crippen molar-refractivity contribution in [3.63, 3.8) is 0 Å². The van der Waals surface area contributed by atoms with Crippen LogP contribution < -0.4 is 0 Å². The molecule has 0 N–H and O–H groups in total. The van der Waals surface area contributed by atoms with E-state index in [0.717, 1.165) is 57.9 Å². The van der Waals surface area contributed by atoms with Crippen LogP contribution in [0.1, 0.15) is 57.8 Å². The zero-order valence-corrected chi connectivity index (χ0v) is 16.2. The van der Waals surface area contributed by atoms with Gasteiger partial charge in [0.15, 0.2) is 0 Å². The first-order valence-corrected chi connectivity index (χ1v) is 9.73. The standard InChI is InChI=1S/C24H39N/c1-6-11-14-15-16-19-22-25(23(9-4)20-17-12-7-2)24(10-5)21-18-13-8-3/h6-10,16,19,23-24H,1-5,11-15,17-18,20-22H2. The van der Waals surface area contributed by atoms with Crippen LogP contribution in [0.3, 0.4) is 0 Å². The quantitative estimate of drug-likeness (QED) is 0.191. The summed E-state index contributed by atoms with van der Waals surface area (Å²) in [6.07, 6.45) is 24.8. The zero-order valence-electron chi connectivity index (χ0n) is 16.2. The molecule has 140 valence electrons. The summed E-state index contributed by atoms with van der Waals surface area (Å²) in [6.45, 7) is 20.6. The molecule has 0 heterocycles. The maximum absolute atomic E-state index is 4.09. The molecule has 0 fully saturated rings. The minimum Gasteiger partial charge on any atom is -0.287 e. The van der Waals surface area contributed by atoms with Crippen molar-refractivity contribution in [2.75, 3.05) is 6.54 Å². The molecule has 0 aromatic heterocycles. The molecule has 0 saturated carbocycles. The number of allylic oxidation sites excluding steroid dienone is 4. The molecule has 0 spiro atoms. The Kier molecular flexibility index (Phi) is 16.1. The maximum Gasteiger partial charge on any atom is 0.0284 e. The molecule has 0 aliphatic carbocycles. The van der Waals surface area contributed by atoms with Crippen LogP contribution in [0.2, 0.25) is 0 Å². The first-order chi connectivity index (χ1) is 12.2. The second-order valence-electron chi connectivity index (χ2n) is 6.43. The van der Waals surface area contributed by atoms with Gasteiger partial charge in [-0.05, 0) is 57.8 Å². The van der Waals surface area contributed by atoms with E-state index in [2.05, 4.69) is 62.1 Å². The van der Waals surface area contributed by atoms with Gasteiger partial charge in [-0.1, -0.05) is 42.5 Å². The minimum absolute atomic E-state index is 0.379. The minimum atomic E-state index is 0.379. The topological polar surface area (TPSA) is 3.24 Å². The summed E-state index contributed by atoms with van der Waals surface area (Å²) in [6, 6.07) is 0.758. The highest BCUT2D eigenvalue weighted by Gasteiger charge is 2.20. The van der Waals surface area contributed by atoms with Gasteiger partial charge in [0.1, 0.15) is 0 Å². The average Bonchev–Trinajstić information content (AvgIpc) is 2.63. The molecule has 1 nitrogen and oxygen atoms in total. The first kappa shape index (κ1) is 23.4. The van der Waals surface area contributed by atoms with Crippen molar-refractivity contribution >= 4 is 0 Å². The molecule has 1 heteroatoms. The summed E-state index contributed by atoms with van der Waals surface area (Å²) in [5.41, 5.74) is 0. The second-order valence-corrected chi connectivity index (χ2v) is 6.43. The van der Waals surface area contributed by atoms with Gasteiger partial charge in [-0.2, -0.15) is 0 Å². The Morgan fingerprint density at radius 3 is 1.52 bits per heavy atom. The Labute approximate surface area is 157 Å². The van der Waals surface area contributed by atoms with Gasteiger partial charge < -0.3 is 0 Å². The lowest BCUT2D eigenvalue weighted by atomic mass is 10.0. The van der Waals surface area contributed by atoms with Crippen LogP contribution in [0.5, 0.6) is 0 Å². The van der Waals surface area contributed by atoms with Crippen molar-refractivity contribution in [2.24, 2.45) is 0 Å². The zero-order chi connectivity index (χ0) is 18.8. The van der Waals surface area contributed by atoms with E-state index in [1.165, 1.54) is 6.42 Å². The summed E-state index contributed by atoms with van der Waals surface area (Å²) >= 11 is 0. The third-order valence-corrected chi connectivity index (χ3v) is 4.47. The Bertz CT molecular complexity index is 378. The van der Waals surface area contributed by atoms with Gasteiger partial charge in [0, 0.05) is 18.6 Å². The van der Waals surface area contributed by atoms with Gasteiger partial charge >= 0.3 is 0 Å². The van der Waals surface area contributed by atoms with Crippen molar-refractivity contribution < 1.29 is 0 Å². The first-order valence-electron chi connectivity index (χ1n) is 9.73. The molecule has 0 aliphatic heterocycles. The second kappa shape index (κ2) is 17.2. The Morgan fingerprint density at radius 2 is 1.08 bits per heavy atom. The van der Waals surface area contributed by atoms with Crippen LogP contribution in [-0.2, 0) is 0 Å². The molecule has 0 radical (unpaired) electrons. The molecule has 2 unspecified atom stereocenters. The molecule has 0 bridgehead atoms. The van der Waals surface area contributed by atoms with E-state index >= 15 is 0 Å². The summed E-state index contributed by atoms with van der Waals surface area (Å²) < 4.78 is 0. The van der Waals surface area contributed by atoms with Gasteiger partial charge in [0.25, 0.3) is 0 Å².